The Bertz CT molecular complexity index is 1720. The van der Waals surface area contributed by atoms with E-state index in [9.17, 15) is 30.7 Å². The molecule has 0 fully saturated rings. The van der Waals surface area contributed by atoms with Gasteiger partial charge in [-0.2, -0.15) is 16.8 Å². The highest BCUT2D eigenvalue weighted by molar-refractivity contribution is 7.86. The molecular formula is C27H22O9S2. The molecule has 9 nitrogen and oxygen atoms in total. The minimum absolute atomic E-state index is 0.0155. The SMILES string of the molecule is COc1ccc(-c2ccc(Oc3ccc(C(=O)c4ccc(C)cc4)cc3S(=O)(=O)O)cc2)cc1S(=O)(=O)O. The fourth-order valence-electron chi connectivity index (χ4n) is 3.71. The third-order valence-electron chi connectivity index (χ3n) is 5.65. The third kappa shape index (κ3) is 5.92. The Balaban J connectivity index is 1.64. The zero-order chi connectivity index (χ0) is 27.7. The number of methoxy groups -OCH3 is 1. The van der Waals surface area contributed by atoms with E-state index in [1.165, 1.54) is 43.5 Å². The van der Waals surface area contributed by atoms with E-state index in [4.69, 9.17) is 9.47 Å². The molecule has 0 bridgehead atoms. The van der Waals surface area contributed by atoms with Crippen molar-refractivity contribution >= 4 is 26.0 Å². The molecule has 0 aliphatic rings. The van der Waals surface area contributed by atoms with E-state index in [0.717, 1.165) is 11.6 Å². The van der Waals surface area contributed by atoms with Crippen LogP contribution in [0.15, 0.2) is 94.7 Å². The first-order valence-corrected chi connectivity index (χ1v) is 13.9. The minimum Gasteiger partial charge on any atom is -0.495 e. The van der Waals surface area contributed by atoms with Gasteiger partial charge in [0.15, 0.2) is 5.78 Å². The first kappa shape index (κ1) is 27.0. The number of benzene rings is 4. The summed E-state index contributed by atoms with van der Waals surface area (Å²) in [6.07, 6.45) is 0. The lowest BCUT2D eigenvalue weighted by Crippen LogP contribution is -2.06. The molecule has 0 atom stereocenters. The zero-order valence-electron chi connectivity index (χ0n) is 20.2. The fraction of sp³-hybridized carbons (Fsp3) is 0.0741. The average Bonchev–Trinajstić information content (AvgIpc) is 2.88. The van der Waals surface area contributed by atoms with Crippen molar-refractivity contribution in [1.82, 2.24) is 0 Å². The first-order chi connectivity index (χ1) is 17.9. The van der Waals surface area contributed by atoms with Crippen LogP contribution < -0.4 is 9.47 Å². The number of hydrogen-bond donors (Lipinski definition) is 2. The molecule has 0 aliphatic heterocycles. The number of carbonyl (C=O) groups is 1. The van der Waals surface area contributed by atoms with E-state index in [0.29, 0.717) is 16.7 Å². The summed E-state index contributed by atoms with van der Waals surface area (Å²) >= 11 is 0. The van der Waals surface area contributed by atoms with Crippen LogP contribution in [0.5, 0.6) is 17.2 Å². The lowest BCUT2D eigenvalue weighted by molar-refractivity contribution is 0.103. The van der Waals surface area contributed by atoms with Crippen molar-refractivity contribution < 1.29 is 40.2 Å². The Labute approximate surface area is 219 Å². The van der Waals surface area contributed by atoms with E-state index in [2.05, 4.69) is 0 Å². The lowest BCUT2D eigenvalue weighted by Gasteiger charge is -2.12. The molecule has 196 valence electrons. The summed E-state index contributed by atoms with van der Waals surface area (Å²) in [6.45, 7) is 1.87. The quantitative estimate of drug-likeness (QED) is 0.222. The number of hydrogen-bond acceptors (Lipinski definition) is 7. The molecule has 4 rings (SSSR count). The van der Waals surface area contributed by atoms with Crippen LogP contribution in [0.2, 0.25) is 0 Å². The predicted molar refractivity (Wildman–Crippen MR) is 139 cm³/mol. The predicted octanol–water partition coefficient (Wildman–Crippen LogP) is 5.19. The highest BCUT2D eigenvalue weighted by Gasteiger charge is 2.21. The Morgan fingerprint density at radius 2 is 1.18 bits per heavy atom. The molecular weight excluding hydrogens is 532 g/mol. The summed E-state index contributed by atoms with van der Waals surface area (Å²) in [6, 6.07) is 20.9. The summed E-state index contributed by atoms with van der Waals surface area (Å²) in [5, 5.41) is 0. The molecule has 4 aromatic carbocycles. The van der Waals surface area contributed by atoms with E-state index in [1.807, 2.05) is 6.92 Å². The Morgan fingerprint density at radius 3 is 1.76 bits per heavy atom. The lowest BCUT2D eigenvalue weighted by atomic mass is 10.0. The highest BCUT2D eigenvalue weighted by Crippen LogP contribution is 2.33. The van der Waals surface area contributed by atoms with Crippen LogP contribution in [0.3, 0.4) is 0 Å². The van der Waals surface area contributed by atoms with Crippen molar-refractivity contribution in [2.75, 3.05) is 7.11 Å². The van der Waals surface area contributed by atoms with Crippen molar-refractivity contribution in [3.63, 3.8) is 0 Å². The van der Waals surface area contributed by atoms with E-state index in [-0.39, 0.29) is 22.8 Å². The van der Waals surface area contributed by atoms with Crippen molar-refractivity contribution in [2.45, 2.75) is 16.7 Å². The van der Waals surface area contributed by atoms with E-state index >= 15 is 0 Å². The van der Waals surface area contributed by atoms with Crippen molar-refractivity contribution in [2.24, 2.45) is 0 Å². The molecule has 2 N–H and O–H groups in total. The van der Waals surface area contributed by atoms with Crippen LogP contribution >= 0.6 is 0 Å². The maximum Gasteiger partial charge on any atom is 0.298 e. The smallest absolute Gasteiger partial charge is 0.298 e. The van der Waals surface area contributed by atoms with Crippen LogP contribution in [-0.4, -0.2) is 38.8 Å². The van der Waals surface area contributed by atoms with Gasteiger partial charge in [0, 0.05) is 11.1 Å². The number of rotatable bonds is 8. The van der Waals surface area contributed by atoms with Gasteiger partial charge in [0.2, 0.25) is 0 Å². The van der Waals surface area contributed by atoms with Gasteiger partial charge >= 0.3 is 0 Å². The summed E-state index contributed by atoms with van der Waals surface area (Å²) in [5.41, 5.74) is 2.40. The summed E-state index contributed by atoms with van der Waals surface area (Å²) in [4.78, 5) is 11.9. The summed E-state index contributed by atoms with van der Waals surface area (Å²) in [7, 11) is -7.99. The molecule has 0 amide bonds. The fourth-order valence-corrected chi connectivity index (χ4v) is 5.03. The van der Waals surface area contributed by atoms with Crippen LogP contribution in [-0.2, 0) is 20.2 Å². The number of ether oxygens (including phenoxy) is 2. The van der Waals surface area contributed by atoms with Gasteiger partial charge in [-0.1, -0.05) is 48.0 Å². The normalized spacial score (nSPS) is 11.7. The Morgan fingerprint density at radius 1 is 0.658 bits per heavy atom. The topological polar surface area (TPSA) is 144 Å². The molecule has 0 aliphatic carbocycles. The van der Waals surface area contributed by atoms with Crippen LogP contribution in [0.4, 0.5) is 0 Å². The van der Waals surface area contributed by atoms with Gasteiger partial charge in [0.1, 0.15) is 27.0 Å². The summed E-state index contributed by atoms with van der Waals surface area (Å²) in [5.74, 6) is -0.425. The van der Waals surface area contributed by atoms with Gasteiger partial charge in [-0.3, -0.25) is 13.9 Å². The second-order valence-corrected chi connectivity index (χ2v) is 11.1. The largest absolute Gasteiger partial charge is 0.495 e. The molecule has 38 heavy (non-hydrogen) atoms. The molecule has 0 aromatic heterocycles. The van der Waals surface area contributed by atoms with Crippen LogP contribution in [0.1, 0.15) is 21.5 Å². The van der Waals surface area contributed by atoms with Gasteiger partial charge in [-0.15, -0.1) is 0 Å². The van der Waals surface area contributed by atoms with Crippen molar-refractivity contribution in [3.8, 4) is 28.4 Å². The van der Waals surface area contributed by atoms with E-state index in [1.54, 1.807) is 42.5 Å². The highest BCUT2D eigenvalue weighted by atomic mass is 32.2. The molecule has 4 aromatic rings. The number of carbonyl (C=O) groups excluding carboxylic acids is 1. The number of aryl methyl sites for hydroxylation is 1. The van der Waals surface area contributed by atoms with Crippen molar-refractivity contribution in [1.29, 1.82) is 0 Å². The summed E-state index contributed by atoms with van der Waals surface area (Å²) < 4.78 is 77.5. The molecule has 0 saturated heterocycles. The molecule has 0 unspecified atom stereocenters. The second kappa shape index (κ2) is 10.4. The maximum absolute atomic E-state index is 12.8. The van der Waals surface area contributed by atoms with Gasteiger partial charge in [-0.25, -0.2) is 0 Å². The molecule has 0 saturated carbocycles. The standard InChI is InChI=1S/C27H22O9S2/c1-17-3-5-19(6-4-17)27(28)21-10-14-24(26(16-21)38(32,33)34)36-22-11-7-18(8-12-22)20-9-13-23(35-2)25(15-20)37(29,30)31/h3-16H,1-2H3,(H,29,30,31)(H,32,33,34). The minimum atomic E-state index is -4.74. The Kier molecular flexibility index (Phi) is 7.38. The maximum atomic E-state index is 12.8. The first-order valence-electron chi connectivity index (χ1n) is 11.0. The molecule has 0 spiro atoms. The second-order valence-electron chi connectivity index (χ2n) is 8.30. The number of ketones is 1. The monoisotopic (exact) mass is 554 g/mol. The molecule has 0 heterocycles. The van der Waals surface area contributed by atoms with Gasteiger partial charge in [0.25, 0.3) is 20.2 Å². The zero-order valence-corrected chi connectivity index (χ0v) is 21.8. The van der Waals surface area contributed by atoms with Crippen molar-refractivity contribution in [3.05, 3.63) is 102 Å². The van der Waals surface area contributed by atoms with Gasteiger partial charge in [0.05, 0.1) is 7.11 Å². The van der Waals surface area contributed by atoms with Gasteiger partial charge < -0.3 is 9.47 Å². The average molecular weight is 555 g/mol. The third-order valence-corrected chi connectivity index (χ3v) is 7.40. The van der Waals surface area contributed by atoms with Crippen LogP contribution in [0, 0.1) is 6.92 Å². The van der Waals surface area contributed by atoms with E-state index < -0.39 is 35.8 Å². The van der Waals surface area contributed by atoms with Gasteiger partial charge in [-0.05, 0) is 60.5 Å². The molecule has 0 radical (unpaired) electrons. The molecule has 11 heteroatoms. The Hall–Kier alpha value is -4.03. The van der Waals surface area contributed by atoms with Crippen LogP contribution in [0.25, 0.3) is 11.1 Å².